The molecule has 4 rings (SSSR count). The number of carbonyl (C=O) groups is 2. The Morgan fingerprint density at radius 1 is 0.893 bits per heavy atom. The normalized spacial score (nSPS) is 10.4. The van der Waals surface area contributed by atoms with Crippen LogP contribution in [0.5, 0.6) is 0 Å². The van der Waals surface area contributed by atoms with Gasteiger partial charge >= 0.3 is 0 Å². The largest absolute Gasteiger partial charge is 0.459 e. The first-order valence-corrected chi connectivity index (χ1v) is 8.29. The first-order valence-electron chi connectivity index (χ1n) is 8.29. The zero-order valence-corrected chi connectivity index (χ0v) is 14.4. The van der Waals surface area contributed by atoms with Gasteiger partial charge in [-0.1, -0.05) is 18.2 Å². The van der Waals surface area contributed by atoms with Gasteiger partial charge in [-0.3, -0.25) is 9.59 Å². The van der Waals surface area contributed by atoms with Crippen molar-refractivity contribution in [2.24, 2.45) is 0 Å². The molecule has 138 valence electrons. The molecule has 4 aromatic rings. The van der Waals surface area contributed by atoms with Gasteiger partial charge in [0, 0.05) is 11.4 Å². The van der Waals surface area contributed by atoms with E-state index < -0.39 is 0 Å². The number of hydrogen-bond acceptors (Lipinski definition) is 6. The number of carbonyl (C=O) groups excluding carboxylic acids is 2. The average Bonchev–Trinajstić information content (AvgIpc) is 3.42. The van der Waals surface area contributed by atoms with Crippen LogP contribution in [-0.2, 0) is 0 Å². The molecule has 0 bridgehead atoms. The molecule has 2 aromatic heterocycles. The quantitative estimate of drug-likeness (QED) is 0.555. The van der Waals surface area contributed by atoms with E-state index in [0.717, 1.165) is 0 Å². The lowest BCUT2D eigenvalue weighted by molar-refractivity contribution is 0.0995. The predicted molar refractivity (Wildman–Crippen MR) is 100 cm³/mol. The van der Waals surface area contributed by atoms with Crippen LogP contribution in [0, 0.1) is 0 Å². The number of hydrogen-bond donors (Lipinski definition) is 2. The fourth-order valence-corrected chi connectivity index (χ4v) is 2.61. The van der Waals surface area contributed by atoms with Crippen LogP contribution in [0.1, 0.15) is 20.9 Å². The van der Waals surface area contributed by atoms with Crippen LogP contribution < -0.4 is 10.6 Å². The number of rotatable bonds is 5. The molecule has 2 N–H and O–H groups in total. The molecule has 0 atom stereocenters. The average molecular weight is 374 g/mol. The van der Waals surface area contributed by atoms with Crippen molar-refractivity contribution in [3.8, 4) is 5.69 Å². The van der Waals surface area contributed by atoms with Crippen LogP contribution >= 0.6 is 0 Å². The van der Waals surface area contributed by atoms with Crippen LogP contribution in [0.15, 0.2) is 77.7 Å². The summed E-state index contributed by atoms with van der Waals surface area (Å²) in [5, 5.41) is 16.5. The molecule has 0 aliphatic rings. The summed E-state index contributed by atoms with van der Waals surface area (Å²) in [6, 6.07) is 17.0. The second-order valence-corrected chi connectivity index (χ2v) is 5.74. The van der Waals surface area contributed by atoms with Crippen molar-refractivity contribution < 1.29 is 14.0 Å². The number of amides is 2. The monoisotopic (exact) mass is 374 g/mol. The van der Waals surface area contributed by atoms with Gasteiger partial charge in [-0.05, 0) is 52.9 Å². The Bertz CT molecular complexity index is 1110. The molecule has 2 heterocycles. The van der Waals surface area contributed by atoms with Gasteiger partial charge in [0.2, 0.25) is 0 Å². The highest BCUT2D eigenvalue weighted by atomic mass is 16.3. The Hall–Kier alpha value is -4.27. The smallest absolute Gasteiger partial charge is 0.291 e. The summed E-state index contributed by atoms with van der Waals surface area (Å²) in [6.07, 6.45) is 2.84. The molecule has 2 aromatic carbocycles. The minimum atomic E-state index is -0.377. The van der Waals surface area contributed by atoms with Crippen molar-refractivity contribution in [2.45, 2.75) is 0 Å². The minimum absolute atomic E-state index is 0.199. The Balaban J connectivity index is 1.52. The van der Waals surface area contributed by atoms with Crippen molar-refractivity contribution in [2.75, 3.05) is 10.6 Å². The third-order valence-corrected chi connectivity index (χ3v) is 3.87. The highest BCUT2D eigenvalue weighted by molar-refractivity contribution is 6.07. The van der Waals surface area contributed by atoms with Crippen molar-refractivity contribution in [3.05, 3.63) is 84.6 Å². The van der Waals surface area contributed by atoms with Gasteiger partial charge in [-0.15, -0.1) is 5.10 Å². The zero-order valence-electron chi connectivity index (χ0n) is 14.4. The summed E-state index contributed by atoms with van der Waals surface area (Å²) in [7, 11) is 0. The number of anilines is 2. The number of aromatic nitrogens is 4. The van der Waals surface area contributed by atoms with Crippen LogP contribution in [0.3, 0.4) is 0 Å². The van der Waals surface area contributed by atoms with Crippen molar-refractivity contribution in [3.63, 3.8) is 0 Å². The van der Waals surface area contributed by atoms with Crippen LogP contribution in [0.25, 0.3) is 5.69 Å². The summed E-state index contributed by atoms with van der Waals surface area (Å²) in [5.74, 6) is -0.511. The summed E-state index contributed by atoms with van der Waals surface area (Å²) >= 11 is 0. The molecular formula is C19H14N6O3. The van der Waals surface area contributed by atoms with Gasteiger partial charge in [0.05, 0.1) is 17.5 Å². The van der Waals surface area contributed by atoms with Gasteiger partial charge in [0.1, 0.15) is 6.33 Å². The molecule has 0 fully saturated rings. The number of para-hydroxylation sites is 1. The first-order chi connectivity index (χ1) is 13.7. The van der Waals surface area contributed by atoms with Gasteiger partial charge < -0.3 is 15.1 Å². The van der Waals surface area contributed by atoms with E-state index in [4.69, 9.17) is 4.42 Å². The summed E-state index contributed by atoms with van der Waals surface area (Å²) in [5.41, 5.74) is 1.99. The molecule has 28 heavy (non-hydrogen) atoms. The fourth-order valence-electron chi connectivity index (χ4n) is 2.61. The Morgan fingerprint density at radius 3 is 2.39 bits per heavy atom. The van der Waals surface area contributed by atoms with Crippen LogP contribution in [0.4, 0.5) is 11.4 Å². The topological polar surface area (TPSA) is 115 Å². The summed E-state index contributed by atoms with van der Waals surface area (Å²) in [4.78, 5) is 24.8. The lowest BCUT2D eigenvalue weighted by atomic mass is 10.1. The Kier molecular flexibility index (Phi) is 4.62. The maximum atomic E-state index is 12.8. The van der Waals surface area contributed by atoms with Crippen LogP contribution in [-0.4, -0.2) is 32.0 Å². The van der Waals surface area contributed by atoms with Gasteiger partial charge in [-0.25, -0.2) is 0 Å². The van der Waals surface area contributed by atoms with E-state index in [1.807, 2.05) is 0 Å². The lowest BCUT2D eigenvalue weighted by Crippen LogP contribution is -2.16. The Morgan fingerprint density at radius 2 is 1.68 bits per heavy atom. The lowest BCUT2D eigenvalue weighted by Gasteiger charge is -2.10. The number of benzene rings is 2. The maximum absolute atomic E-state index is 12.8. The van der Waals surface area contributed by atoms with E-state index in [2.05, 4.69) is 26.2 Å². The molecule has 0 radical (unpaired) electrons. The SMILES string of the molecule is O=C(Nc1cccc(NC(=O)c2ccccc2-n2cnnn2)c1)c1ccco1. The minimum Gasteiger partial charge on any atom is -0.459 e. The highest BCUT2D eigenvalue weighted by Crippen LogP contribution is 2.19. The molecule has 0 aliphatic heterocycles. The molecule has 2 amide bonds. The standard InChI is InChI=1S/C19H14N6O3/c26-18(15-7-1-2-8-16(15)25-12-20-23-24-25)21-13-5-3-6-14(11-13)22-19(27)17-9-4-10-28-17/h1-12H,(H,21,26)(H,22,27). The Labute approximate surface area is 159 Å². The molecule has 0 unspecified atom stereocenters. The number of nitrogens with zero attached hydrogens (tertiary/aromatic N) is 4. The molecule has 0 saturated heterocycles. The maximum Gasteiger partial charge on any atom is 0.291 e. The van der Waals surface area contributed by atoms with Crippen LogP contribution in [0.2, 0.25) is 0 Å². The van der Waals surface area contributed by atoms with Gasteiger partial charge in [0.25, 0.3) is 11.8 Å². The molecule has 9 heteroatoms. The van der Waals surface area contributed by atoms with E-state index in [-0.39, 0.29) is 17.6 Å². The highest BCUT2D eigenvalue weighted by Gasteiger charge is 2.14. The second-order valence-electron chi connectivity index (χ2n) is 5.74. The fraction of sp³-hybridized carbons (Fsp3) is 0. The number of nitrogens with one attached hydrogen (secondary N) is 2. The molecule has 0 saturated carbocycles. The van der Waals surface area contributed by atoms with Crippen molar-refractivity contribution in [1.82, 2.24) is 20.2 Å². The number of furan rings is 1. The predicted octanol–water partition coefficient (Wildman–Crippen LogP) is 2.76. The first kappa shape index (κ1) is 17.2. The van der Waals surface area contributed by atoms with Crippen molar-refractivity contribution in [1.29, 1.82) is 0 Å². The van der Waals surface area contributed by atoms with E-state index in [1.165, 1.54) is 17.3 Å². The van der Waals surface area contributed by atoms with Gasteiger partial charge in [0.15, 0.2) is 5.76 Å². The summed E-state index contributed by atoms with van der Waals surface area (Å²) in [6.45, 7) is 0. The second kappa shape index (κ2) is 7.54. The third-order valence-electron chi connectivity index (χ3n) is 3.87. The van der Waals surface area contributed by atoms with Gasteiger partial charge in [-0.2, -0.15) is 4.68 Å². The van der Waals surface area contributed by atoms with E-state index >= 15 is 0 Å². The molecule has 9 nitrogen and oxygen atoms in total. The molecular weight excluding hydrogens is 360 g/mol. The summed E-state index contributed by atoms with van der Waals surface area (Å²) < 4.78 is 6.48. The molecule has 0 spiro atoms. The van der Waals surface area contributed by atoms with E-state index in [1.54, 1.807) is 60.7 Å². The zero-order chi connectivity index (χ0) is 19.3. The van der Waals surface area contributed by atoms with E-state index in [0.29, 0.717) is 22.6 Å². The third kappa shape index (κ3) is 3.63. The number of tetrazole rings is 1. The van der Waals surface area contributed by atoms with Crippen molar-refractivity contribution >= 4 is 23.2 Å². The van der Waals surface area contributed by atoms with E-state index in [9.17, 15) is 9.59 Å². The molecule has 0 aliphatic carbocycles.